The summed E-state index contributed by atoms with van der Waals surface area (Å²) in [7, 11) is -0.727. The lowest BCUT2D eigenvalue weighted by Gasteiger charge is -2.11. The molecule has 0 fully saturated rings. The van der Waals surface area contributed by atoms with E-state index in [1.54, 1.807) is 14.1 Å². The van der Waals surface area contributed by atoms with Crippen LogP contribution in [-0.2, 0) is 10.0 Å². The fourth-order valence-electron chi connectivity index (χ4n) is 1.75. The highest BCUT2D eigenvalue weighted by atomic mass is 35.5. The van der Waals surface area contributed by atoms with Crippen molar-refractivity contribution in [1.29, 1.82) is 0 Å². The Kier molecular flexibility index (Phi) is 6.06. The first-order valence-corrected chi connectivity index (χ1v) is 9.18. The number of nitrogens with zero attached hydrogens (tertiary/aromatic N) is 3. The van der Waals surface area contributed by atoms with Crippen LogP contribution in [0.3, 0.4) is 0 Å². The Balaban J connectivity index is 2.33. The number of rotatable bonds is 6. The maximum Gasteiger partial charge on any atom is 0.283 e. The first-order valence-electron chi connectivity index (χ1n) is 6.98. The van der Waals surface area contributed by atoms with Crippen LogP contribution in [0.15, 0.2) is 45.7 Å². The number of non-ortho nitro benzene ring substituents is 1. The van der Waals surface area contributed by atoms with Gasteiger partial charge in [-0.2, -0.15) is 8.42 Å². The summed E-state index contributed by atoms with van der Waals surface area (Å²) in [6.07, 6.45) is 1.14. The van der Waals surface area contributed by atoms with Crippen molar-refractivity contribution in [3.63, 3.8) is 0 Å². The molecule has 0 bridgehead atoms. The molecule has 0 saturated carbocycles. The fraction of sp³-hybridized carbons (Fsp3) is 0.133. The molecule has 0 aliphatic heterocycles. The van der Waals surface area contributed by atoms with E-state index in [1.807, 2.05) is 0 Å². The number of hydrogen-bond acceptors (Lipinski definition) is 5. The molecular formula is C15H13Cl2N3O5S. The lowest BCUT2D eigenvalue weighted by Crippen LogP contribution is -2.10. The van der Waals surface area contributed by atoms with Crippen molar-refractivity contribution in [2.45, 2.75) is 4.90 Å². The standard InChI is InChI=1S/C15H13Cl2N3O5S/c1-19(2)9-18-26(23,24)12-7-13(16)15(14(17)8-12)25-11-5-3-10(4-6-11)20(21)22/h3-9H,1-2H3/b18-9+. The SMILES string of the molecule is CN(C)/C=N/S(=O)(=O)c1cc(Cl)c(Oc2ccc([N+](=O)[O-])cc2)c(Cl)c1. The molecule has 2 rings (SSSR count). The molecular weight excluding hydrogens is 405 g/mol. The number of halogens is 2. The number of benzene rings is 2. The average Bonchev–Trinajstić information content (AvgIpc) is 2.56. The van der Waals surface area contributed by atoms with Gasteiger partial charge in [-0.3, -0.25) is 10.1 Å². The predicted octanol–water partition coefficient (Wildman–Crippen LogP) is 3.97. The normalized spacial score (nSPS) is 11.5. The van der Waals surface area contributed by atoms with Crippen LogP contribution in [0.2, 0.25) is 10.0 Å². The summed E-state index contributed by atoms with van der Waals surface area (Å²) in [6, 6.07) is 7.58. The minimum absolute atomic E-state index is 0.0257. The van der Waals surface area contributed by atoms with Crippen molar-refractivity contribution >= 4 is 45.3 Å². The molecule has 0 N–H and O–H groups in total. The predicted molar refractivity (Wildman–Crippen MR) is 99.0 cm³/mol. The van der Waals surface area contributed by atoms with E-state index in [1.165, 1.54) is 29.2 Å². The number of sulfonamides is 1. The quantitative estimate of drug-likeness (QED) is 0.304. The second kappa shape index (κ2) is 7.90. The fourth-order valence-corrected chi connectivity index (χ4v) is 3.42. The maximum atomic E-state index is 12.2. The Morgan fingerprint density at radius 2 is 1.69 bits per heavy atom. The summed E-state index contributed by atoms with van der Waals surface area (Å²) in [5.41, 5.74) is -0.102. The monoisotopic (exact) mass is 417 g/mol. The summed E-state index contributed by atoms with van der Waals surface area (Å²) in [5.74, 6) is 0.276. The van der Waals surface area contributed by atoms with Gasteiger partial charge in [-0.05, 0) is 24.3 Å². The van der Waals surface area contributed by atoms with Gasteiger partial charge in [-0.25, -0.2) is 0 Å². The molecule has 0 unspecified atom stereocenters. The molecule has 26 heavy (non-hydrogen) atoms. The van der Waals surface area contributed by atoms with Gasteiger partial charge in [0.1, 0.15) is 12.1 Å². The van der Waals surface area contributed by atoms with Crippen molar-refractivity contribution in [2.24, 2.45) is 4.40 Å². The molecule has 0 atom stereocenters. The smallest absolute Gasteiger partial charge is 0.283 e. The minimum Gasteiger partial charge on any atom is -0.454 e. The van der Waals surface area contributed by atoms with Gasteiger partial charge in [0.05, 0.1) is 19.9 Å². The highest BCUT2D eigenvalue weighted by molar-refractivity contribution is 7.90. The van der Waals surface area contributed by atoms with Gasteiger partial charge in [0.2, 0.25) is 0 Å². The van der Waals surface area contributed by atoms with E-state index in [-0.39, 0.29) is 32.1 Å². The summed E-state index contributed by atoms with van der Waals surface area (Å²) in [5, 5.41) is 10.6. The van der Waals surface area contributed by atoms with Crippen LogP contribution >= 0.6 is 23.2 Å². The lowest BCUT2D eigenvalue weighted by molar-refractivity contribution is -0.384. The Morgan fingerprint density at radius 3 is 2.15 bits per heavy atom. The van der Waals surface area contributed by atoms with Gasteiger partial charge < -0.3 is 9.64 Å². The van der Waals surface area contributed by atoms with E-state index in [0.717, 1.165) is 18.5 Å². The first-order chi connectivity index (χ1) is 12.1. The van der Waals surface area contributed by atoms with Gasteiger partial charge in [0.15, 0.2) is 5.75 Å². The van der Waals surface area contributed by atoms with Gasteiger partial charge in [0, 0.05) is 26.2 Å². The van der Waals surface area contributed by atoms with E-state index in [9.17, 15) is 18.5 Å². The second-order valence-corrected chi connectivity index (χ2v) is 7.68. The van der Waals surface area contributed by atoms with Crippen LogP contribution in [-0.4, -0.2) is 38.7 Å². The number of nitro groups is 1. The molecule has 0 amide bonds. The Labute approximate surface area is 159 Å². The number of ether oxygens (including phenoxy) is 1. The van der Waals surface area contributed by atoms with E-state index in [4.69, 9.17) is 27.9 Å². The highest BCUT2D eigenvalue weighted by Gasteiger charge is 2.19. The van der Waals surface area contributed by atoms with Crippen LogP contribution in [0, 0.1) is 10.1 Å². The first kappa shape index (κ1) is 20.0. The number of nitro benzene ring substituents is 1. The summed E-state index contributed by atoms with van der Waals surface area (Å²) < 4.78 is 33.3. The highest BCUT2D eigenvalue weighted by Crippen LogP contribution is 2.39. The van der Waals surface area contributed by atoms with Gasteiger partial charge >= 0.3 is 0 Å². The van der Waals surface area contributed by atoms with Crippen LogP contribution in [0.25, 0.3) is 0 Å². The topological polar surface area (TPSA) is 102 Å². The second-order valence-electron chi connectivity index (χ2n) is 5.23. The van der Waals surface area contributed by atoms with Crippen molar-refractivity contribution in [3.8, 4) is 11.5 Å². The van der Waals surface area contributed by atoms with Crippen molar-refractivity contribution in [2.75, 3.05) is 14.1 Å². The molecule has 0 saturated heterocycles. The van der Waals surface area contributed by atoms with E-state index in [2.05, 4.69) is 4.40 Å². The van der Waals surface area contributed by atoms with Gasteiger partial charge in [0.25, 0.3) is 15.7 Å². The summed E-state index contributed by atoms with van der Waals surface area (Å²) in [4.78, 5) is 11.4. The van der Waals surface area contributed by atoms with Crippen molar-refractivity contribution < 1.29 is 18.1 Å². The summed E-state index contributed by atoms with van der Waals surface area (Å²) >= 11 is 12.2. The molecule has 11 heteroatoms. The van der Waals surface area contributed by atoms with Gasteiger partial charge in [-0.15, -0.1) is 4.40 Å². The van der Waals surface area contributed by atoms with E-state index >= 15 is 0 Å². The zero-order valence-electron chi connectivity index (χ0n) is 13.6. The van der Waals surface area contributed by atoms with E-state index in [0.29, 0.717) is 0 Å². The maximum absolute atomic E-state index is 12.2. The molecule has 0 aliphatic rings. The Bertz CT molecular complexity index is 937. The van der Waals surface area contributed by atoms with Crippen LogP contribution in [0.4, 0.5) is 5.69 Å². The molecule has 0 heterocycles. The molecule has 2 aromatic rings. The molecule has 138 valence electrons. The zero-order valence-corrected chi connectivity index (χ0v) is 15.9. The third-order valence-electron chi connectivity index (χ3n) is 2.95. The molecule has 0 aliphatic carbocycles. The third kappa shape index (κ3) is 4.84. The van der Waals surface area contributed by atoms with E-state index < -0.39 is 14.9 Å². The van der Waals surface area contributed by atoms with Gasteiger partial charge in [-0.1, -0.05) is 23.2 Å². The third-order valence-corrected chi connectivity index (χ3v) is 4.72. The number of hydrogen-bond donors (Lipinski definition) is 0. The van der Waals surface area contributed by atoms with Crippen LogP contribution < -0.4 is 4.74 Å². The van der Waals surface area contributed by atoms with Crippen molar-refractivity contribution in [3.05, 3.63) is 56.6 Å². The largest absolute Gasteiger partial charge is 0.454 e. The molecule has 0 radical (unpaired) electrons. The van der Waals surface area contributed by atoms with Crippen LogP contribution in [0.5, 0.6) is 11.5 Å². The average molecular weight is 418 g/mol. The van der Waals surface area contributed by atoms with Crippen molar-refractivity contribution in [1.82, 2.24) is 4.90 Å². The molecule has 0 aromatic heterocycles. The Morgan fingerprint density at radius 1 is 1.15 bits per heavy atom. The lowest BCUT2D eigenvalue weighted by atomic mass is 10.3. The minimum atomic E-state index is -3.98. The molecule has 8 nitrogen and oxygen atoms in total. The Hall–Kier alpha value is -2.36. The zero-order chi connectivity index (χ0) is 19.5. The van der Waals surface area contributed by atoms with Crippen LogP contribution in [0.1, 0.15) is 0 Å². The molecule has 0 spiro atoms. The molecule has 2 aromatic carbocycles. The summed E-state index contributed by atoms with van der Waals surface area (Å²) in [6.45, 7) is 0.